The molecule has 4 heterocycles. The van der Waals surface area contributed by atoms with Gasteiger partial charge in [0.05, 0.1) is 10.4 Å². The Morgan fingerprint density at radius 1 is 1.35 bits per heavy atom. The first-order chi connectivity index (χ1) is 9.76. The lowest BCUT2D eigenvalue weighted by Crippen LogP contribution is -1.94. The number of aromatic nitrogens is 6. The first-order valence-corrected chi connectivity index (χ1v) is 7.34. The molecule has 8 heteroatoms. The molecular formula is C12H9ClN6S. The number of hydrogen-bond acceptors (Lipinski definition) is 5. The summed E-state index contributed by atoms with van der Waals surface area (Å²) in [6.07, 6.45) is 3.44. The Balaban J connectivity index is 1.97. The third kappa shape index (κ3) is 1.63. The molecule has 0 saturated carbocycles. The zero-order chi connectivity index (χ0) is 13.7. The highest BCUT2D eigenvalue weighted by Crippen LogP contribution is 2.27. The molecule has 0 aliphatic heterocycles. The Morgan fingerprint density at radius 3 is 3.05 bits per heavy atom. The summed E-state index contributed by atoms with van der Waals surface area (Å²) in [5, 5.41) is 12.3. The van der Waals surface area contributed by atoms with Crippen LogP contribution in [0.5, 0.6) is 0 Å². The molecule has 0 aliphatic rings. The highest BCUT2D eigenvalue weighted by molar-refractivity contribution is 7.16. The van der Waals surface area contributed by atoms with Gasteiger partial charge in [0, 0.05) is 12.7 Å². The van der Waals surface area contributed by atoms with Crippen LogP contribution in [-0.4, -0.2) is 29.4 Å². The maximum atomic E-state index is 6.20. The van der Waals surface area contributed by atoms with E-state index in [2.05, 4.69) is 20.2 Å². The summed E-state index contributed by atoms with van der Waals surface area (Å²) in [7, 11) is 0. The van der Waals surface area contributed by atoms with Crippen LogP contribution in [0.25, 0.3) is 27.4 Å². The fourth-order valence-corrected chi connectivity index (χ4v) is 3.04. The van der Waals surface area contributed by atoms with Gasteiger partial charge in [-0.05, 0) is 18.4 Å². The molecule has 0 amide bonds. The number of aryl methyl sites for hydroxylation is 1. The van der Waals surface area contributed by atoms with E-state index < -0.39 is 0 Å². The maximum Gasteiger partial charge on any atom is 0.204 e. The summed E-state index contributed by atoms with van der Waals surface area (Å²) in [4.78, 5) is 9.84. The topological polar surface area (TPSA) is 60.9 Å². The summed E-state index contributed by atoms with van der Waals surface area (Å²) < 4.78 is 3.42. The van der Waals surface area contributed by atoms with Crippen molar-refractivity contribution in [1.29, 1.82) is 0 Å². The van der Waals surface area contributed by atoms with Crippen LogP contribution in [0.2, 0.25) is 5.02 Å². The highest BCUT2D eigenvalue weighted by Gasteiger charge is 2.16. The molecule has 0 aromatic carbocycles. The van der Waals surface area contributed by atoms with Crippen molar-refractivity contribution in [2.45, 2.75) is 13.5 Å². The smallest absolute Gasteiger partial charge is 0.204 e. The van der Waals surface area contributed by atoms with E-state index in [4.69, 9.17) is 11.6 Å². The van der Waals surface area contributed by atoms with Gasteiger partial charge in [0.25, 0.3) is 0 Å². The summed E-state index contributed by atoms with van der Waals surface area (Å²) in [5.74, 6) is 0.516. The SMILES string of the molecule is CCn1cc(Cl)c(-c2nc3c4ccsc4ncn3n2)n1. The van der Waals surface area contributed by atoms with E-state index in [1.807, 2.05) is 18.4 Å². The van der Waals surface area contributed by atoms with Crippen molar-refractivity contribution in [3.05, 3.63) is 29.0 Å². The van der Waals surface area contributed by atoms with Crippen LogP contribution < -0.4 is 0 Å². The molecule has 0 atom stereocenters. The van der Waals surface area contributed by atoms with Crippen molar-refractivity contribution in [3.8, 4) is 11.5 Å². The van der Waals surface area contributed by atoms with Gasteiger partial charge in [-0.15, -0.1) is 16.4 Å². The van der Waals surface area contributed by atoms with Crippen LogP contribution in [0.1, 0.15) is 6.92 Å². The summed E-state index contributed by atoms with van der Waals surface area (Å²) in [5.41, 5.74) is 1.37. The monoisotopic (exact) mass is 304 g/mol. The summed E-state index contributed by atoms with van der Waals surface area (Å²) in [6, 6.07) is 1.99. The largest absolute Gasteiger partial charge is 0.271 e. The molecule has 4 aromatic rings. The molecule has 100 valence electrons. The summed E-state index contributed by atoms with van der Waals surface area (Å²) >= 11 is 7.78. The van der Waals surface area contributed by atoms with E-state index in [-0.39, 0.29) is 0 Å². The van der Waals surface area contributed by atoms with Gasteiger partial charge in [-0.25, -0.2) is 14.5 Å². The second-order valence-electron chi connectivity index (χ2n) is 4.27. The van der Waals surface area contributed by atoms with Crippen LogP contribution >= 0.6 is 22.9 Å². The fraction of sp³-hybridized carbons (Fsp3) is 0.167. The first kappa shape index (κ1) is 11.8. The Hall–Kier alpha value is -1.99. The number of nitrogens with zero attached hydrogens (tertiary/aromatic N) is 6. The zero-order valence-electron chi connectivity index (χ0n) is 10.5. The average molecular weight is 305 g/mol. The van der Waals surface area contributed by atoms with Gasteiger partial charge in [-0.1, -0.05) is 11.6 Å². The number of thiophene rings is 1. The standard InChI is InChI=1S/C12H9ClN6S/c1-2-18-5-8(13)9(16-18)10-15-11-7-3-4-20-12(7)14-6-19(11)17-10/h3-6H,2H2,1H3. The van der Waals surface area contributed by atoms with E-state index >= 15 is 0 Å². The first-order valence-electron chi connectivity index (χ1n) is 6.08. The lowest BCUT2D eigenvalue weighted by molar-refractivity contribution is 0.661. The van der Waals surface area contributed by atoms with Gasteiger partial charge >= 0.3 is 0 Å². The number of hydrogen-bond donors (Lipinski definition) is 0. The normalized spacial score (nSPS) is 11.7. The number of fused-ring (bicyclic) bond motifs is 3. The van der Waals surface area contributed by atoms with Crippen molar-refractivity contribution in [2.75, 3.05) is 0 Å². The van der Waals surface area contributed by atoms with E-state index in [9.17, 15) is 0 Å². The molecule has 4 rings (SSSR count). The minimum absolute atomic E-state index is 0.516. The fourth-order valence-electron chi connectivity index (χ4n) is 2.08. The zero-order valence-corrected chi connectivity index (χ0v) is 12.1. The van der Waals surface area contributed by atoms with Crippen LogP contribution in [0.4, 0.5) is 0 Å². The molecule has 0 unspecified atom stereocenters. The van der Waals surface area contributed by atoms with Crippen molar-refractivity contribution >= 4 is 38.8 Å². The minimum Gasteiger partial charge on any atom is -0.271 e. The number of rotatable bonds is 2. The lowest BCUT2D eigenvalue weighted by atomic mass is 10.4. The molecule has 0 saturated heterocycles. The van der Waals surface area contributed by atoms with Crippen LogP contribution in [0.3, 0.4) is 0 Å². The van der Waals surface area contributed by atoms with Crippen LogP contribution in [0.15, 0.2) is 24.0 Å². The van der Waals surface area contributed by atoms with Gasteiger partial charge in [-0.3, -0.25) is 4.68 Å². The Morgan fingerprint density at radius 2 is 2.25 bits per heavy atom. The van der Waals surface area contributed by atoms with Crippen LogP contribution in [-0.2, 0) is 6.54 Å². The Bertz CT molecular complexity index is 921. The average Bonchev–Trinajstić information content (AvgIpc) is 3.13. The van der Waals surface area contributed by atoms with E-state index in [1.165, 1.54) is 0 Å². The molecule has 0 N–H and O–H groups in total. The van der Waals surface area contributed by atoms with Crippen molar-refractivity contribution in [1.82, 2.24) is 29.4 Å². The third-order valence-electron chi connectivity index (χ3n) is 3.05. The Labute approximate surface area is 122 Å². The molecule has 6 nitrogen and oxygen atoms in total. The van der Waals surface area contributed by atoms with E-state index in [0.29, 0.717) is 16.5 Å². The highest BCUT2D eigenvalue weighted by atomic mass is 35.5. The van der Waals surface area contributed by atoms with Crippen molar-refractivity contribution in [3.63, 3.8) is 0 Å². The molecule has 0 radical (unpaired) electrons. The predicted octanol–water partition coefficient (Wildman–Crippen LogP) is 2.88. The van der Waals surface area contributed by atoms with Gasteiger partial charge in [0.1, 0.15) is 11.2 Å². The quantitative estimate of drug-likeness (QED) is 0.571. The third-order valence-corrected chi connectivity index (χ3v) is 4.15. The van der Waals surface area contributed by atoms with Gasteiger partial charge in [0.15, 0.2) is 11.3 Å². The van der Waals surface area contributed by atoms with E-state index in [0.717, 1.165) is 22.4 Å². The molecule has 0 bridgehead atoms. The Kier molecular flexibility index (Phi) is 2.51. The molecular weight excluding hydrogens is 296 g/mol. The molecule has 0 fully saturated rings. The number of halogens is 1. The minimum atomic E-state index is 0.516. The van der Waals surface area contributed by atoms with Gasteiger partial charge in [0.2, 0.25) is 5.82 Å². The van der Waals surface area contributed by atoms with Gasteiger partial charge < -0.3 is 0 Å². The maximum absolute atomic E-state index is 6.20. The van der Waals surface area contributed by atoms with E-state index in [1.54, 1.807) is 33.1 Å². The molecule has 0 spiro atoms. The molecule has 20 heavy (non-hydrogen) atoms. The van der Waals surface area contributed by atoms with Crippen LogP contribution in [0, 0.1) is 0 Å². The second kappa shape index (κ2) is 4.26. The predicted molar refractivity (Wildman–Crippen MR) is 78.1 cm³/mol. The molecule has 4 aromatic heterocycles. The summed E-state index contributed by atoms with van der Waals surface area (Å²) in [6.45, 7) is 2.76. The van der Waals surface area contributed by atoms with Crippen molar-refractivity contribution in [2.24, 2.45) is 0 Å². The molecule has 0 aliphatic carbocycles. The van der Waals surface area contributed by atoms with Gasteiger partial charge in [-0.2, -0.15) is 5.10 Å². The second-order valence-corrected chi connectivity index (χ2v) is 5.57. The van der Waals surface area contributed by atoms with Crippen molar-refractivity contribution < 1.29 is 0 Å². The lowest BCUT2D eigenvalue weighted by Gasteiger charge is -1.90.